The third-order valence-corrected chi connectivity index (χ3v) is 3.98. The molecule has 1 amide bonds. The minimum Gasteiger partial charge on any atom is -0.353 e. The van der Waals surface area contributed by atoms with Crippen molar-refractivity contribution in [2.75, 3.05) is 6.54 Å². The number of nitrogens with zero attached hydrogens (tertiary/aromatic N) is 2. The molecule has 1 aromatic carbocycles. The number of hydrogen-bond donors (Lipinski definition) is 1. The summed E-state index contributed by atoms with van der Waals surface area (Å²) in [7, 11) is 0. The first-order valence-corrected chi connectivity index (χ1v) is 9.26. The molecule has 0 aliphatic heterocycles. The molecule has 140 valence electrons. The first kappa shape index (κ1) is 19.9. The Bertz CT molecular complexity index is 724. The third kappa shape index (κ3) is 6.82. The van der Waals surface area contributed by atoms with Gasteiger partial charge in [-0.05, 0) is 42.0 Å². The molecule has 0 saturated carbocycles. The van der Waals surface area contributed by atoms with Crippen LogP contribution >= 0.6 is 0 Å². The summed E-state index contributed by atoms with van der Waals surface area (Å²) >= 11 is 0. The van der Waals surface area contributed by atoms with Gasteiger partial charge in [-0.3, -0.25) is 4.79 Å². The van der Waals surface area contributed by atoms with Gasteiger partial charge in [-0.2, -0.15) is 4.98 Å². The molecule has 26 heavy (non-hydrogen) atoms. The highest BCUT2D eigenvalue weighted by Gasteiger charge is 2.10. The number of amides is 1. The molecule has 0 unspecified atom stereocenters. The molecule has 1 N–H and O–H groups in total. The van der Waals surface area contributed by atoms with E-state index in [0.717, 1.165) is 42.6 Å². The van der Waals surface area contributed by atoms with Crippen LogP contribution in [0.25, 0.3) is 17.5 Å². The maximum absolute atomic E-state index is 11.8. The Balaban J connectivity index is 1.88. The quantitative estimate of drug-likeness (QED) is 0.700. The van der Waals surface area contributed by atoms with E-state index in [1.54, 1.807) is 12.2 Å². The molecule has 0 radical (unpaired) electrons. The van der Waals surface area contributed by atoms with Crippen LogP contribution in [0.4, 0.5) is 0 Å². The fourth-order valence-electron chi connectivity index (χ4n) is 2.34. The number of aromatic nitrogens is 2. The van der Waals surface area contributed by atoms with Crippen molar-refractivity contribution in [1.29, 1.82) is 0 Å². The lowest BCUT2D eigenvalue weighted by Crippen LogP contribution is -2.25. The number of carbonyl (C=O) groups is 1. The van der Waals surface area contributed by atoms with Crippen LogP contribution in [0, 0.1) is 5.41 Å². The van der Waals surface area contributed by atoms with Crippen molar-refractivity contribution >= 4 is 12.0 Å². The largest absolute Gasteiger partial charge is 0.353 e. The van der Waals surface area contributed by atoms with Crippen molar-refractivity contribution < 1.29 is 9.32 Å². The van der Waals surface area contributed by atoms with E-state index in [4.69, 9.17) is 4.52 Å². The number of carbonyl (C=O) groups excluding carboxylic acids is 1. The molecular formula is C21H29N3O2. The molecular weight excluding hydrogens is 326 g/mol. The van der Waals surface area contributed by atoms with Crippen LogP contribution in [0.3, 0.4) is 0 Å². The van der Waals surface area contributed by atoms with Crippen molar-refractivity contribution in [3.63, 3.8) is 0 Å². The zero-order valence-electron chi connectivity index (χ0n) is 16.2. The monoisotopic (exact) mass is 355 g/mol. The van der Waals surface area contributed by atoms with E-state index in [0.29, 0.717) is 12.4 Å². The third-order valence-electron chi connectivity index (χ3n) is 3.98. The van der Waals surface area contributed by atoms with Crippen molar-refractivity contribution in [1.82, 2.24) is 15.5 Å². The SMILES string of the molecule is CCCCc1noc(-c2ccc(C=CC(=O)NCCC(C)(C)C)cc2)n1. The topological polar surface area (TPSA) is 68.0 Å². The summed E-state index contributed by atoms with van der Waals surface area (Å²) < 4.78 is 5.31. The summed E-state index contributed by atoms with van der Waals surface area (Å²) in [5, 5.41) is 6.91. The fraction of sp³-hybridized carbons (Fsp3) is 0.476. The van der Waals surface area contributed by atoms with Gasteiger partial charge in [-0.25, -0.2) is 0 Å². The average molecular weight is 355 g/mol. The highest BCUT2D eigenvalue weighted by molar-refractivity contribution is 5.91. The van der Waals surface area contributed by atoms with Crippen molar-refractivity contribution in [3.8, 4) is 11.5 Å². The minimum absolute atomic E-state index is 0.0733. The number of aryl methyl sites for hydroxylation is 1. The van der Waals surface area contributed by atoms with E-state index >= 15 is 0 Å². The summed E-state index contributed by atoms with van der Waals surface area (Å²) in [5.74, 6) is 1.21. The first-order valence-electron chi connectivity index (χ1n) is 9.26. The summed E-state index contributed by atoms with van der Waals surface area (Å²) in [5.41, 5.74) is 2.05. The van der Waals surface area contributed by atoms with Crippen molar-refractivity contribution in [2.24, 2.45) is 5.41 Å². The van der Waals surface area contributed by atoms with E-state index < -0.39 is 0 Å². The second-order valence-electron chi connectivity index (χ2n) is 7.68. The van der Waals surface area contributed by atoms with Gasteiger partial charge >= 0.3 is 0 Å². The summed E-state index contributed by atoms with van der Waals surface area (Å²) in [4.78, 5) is 16.3. The highest BCUT2D eigenvalue weighted by atomic mass is 16.5. The van der Waals surface area contributed by atoms with Gasteiger partial charge in [0.2, 0.25) is 5.91 Å². The predicted octanol–water partition coefficient (Wildman–Crippen LogP) is 4.64. The Morgan fingerprint density at radius 3 is 2.62 bits per heavy atom. The normalized spacial score (nSPS) is 11.8. The second-order valence-corrected chi connectivity index (χ2v) is 7.68. The molecule has 5 heteroatoms. The molecule has 2 aromatic rings. The number of hydrogen-bond acceptors (Lipinski definition) is 4. The Morgan fingerprint density at radius 2 is 1.96 bits per heavy atom. The molecule has 0 aliphatic rings. The van der Waals surface area contributed by atoms with Crippen LogP contribution < -0.4 is 5.32 Å². The van der Waals surface area contributed by atoms with Crippen LogP contribution in [0.1, 0.15) is 58.3 Å². The van der Waals surface area contributed by atoms with Gasteiger partial charge in [0.15, 0.2) is 5.82 Å². The van der Waals surface area contributed by atoms with Crippen molar-refractivity contribution in [2.45, 2.75) is 53.4 Å². The zero-order valence-corrected chi connectivity index (χ0v) is 16.2. The Labute approximate surface area is 155 Å². The maximum atomic E-state index is 11.8. The summed E-state index contributed by atoms with van der Waals surface area (Å²) in [6, 6.07) is 7.72. The molecule has 0 fully saturated rings. The Hall–Kier alpha value is -2.43. The molecule has 0 aliphatic carbocycles. The van der Waals surface area contributed by atoms with Crippen LogP contribution in [-0.2, 0) is 11.2 Å². The predicted molar refractivity (Wildman–Crippen MR) is 104 cm³/mol. The van der Waals surface area contributed by atoms with Crippen LogP contribution in [-0.4, -0.2) is 22.6 Å². The fourth-order valence-corrected chi connectivity index (χ4v) is 2.34. The molecule has 1 heterocycles. The molecule has 2 rings (SSSR count). The van der Waals surface area contributed by atoms with E-state index in [9.17, 15) is 4.79 Å². The number of rotatable bonds is 8. The van der Waals surface area contributed by atoms with Gasteiger partial charge < -0.3 is 9.84 Å². The van der Waals surface area contributed by atoms with E-state index in [1.165, 1.54) is 0 Å². The smallest absolute Gasteiger partial charge is 0.257 e. The molecule has 0 atom stereocenters. The molecule has 0 bridgehead atoms. The van der Waals surface area contributed by atoms with Gasteiger partial charge in [0, 0.05) is 24.6 Å². The molecule has 5 nitrogen and oxygen atoms in total. The minimum atomic E-state index is -0.0733. The summed E-state index contributed by atoms with van der Waals surface area (Å²) in [6.45, 7) is 9.30. The number of nitrogens with one attached hydrogen (secondary N) is 1. The van der Waals surface area contributed by atoms with E-state index in [1.807, 2.05) is 24.3 Å². The lowest BCUT2D eigenvalue weighted by atomic mass is 9.92. The van der Waals surface area contributed by atoms with Crippen LogP contribution in [0.15, 0.2) is 34.9 Å². The highest BCUT2D eigenvalue weighted by Crippen LogP contribution is 2.19. The molecule has 0 saturated heterocycles. The van der Waals surface area contributed by atoms with Gasteiger partial charge in [0.25, 0.3) is 5.89 Å². The van der Waals surface area contributed by atoms with Crippen LogP contribution in [0.2, 0.25) is 0 Å². The Kier molecular flexibility index (Phi) is 7.13. The standard InChI is InChI=1S/C21H29N3O2/c1-5-6-7-18-23-20(26-24-18)17-11-8-16(9-12-17)10-13-19(25)22-15-14-21(2,3)4/h8-13H,5-7,14-15H2,1-4H3,(H,22,25). The van der Waals surface area contributed by atoms with E-state index in [-0.39, 0.29) is 11.3 Å². The number of unbranched alkanes of at least 4 members (excludes halogenated alkanes) is 1. The maximum Gasteiger partial charge on any atom is 0.257 e. The van der Waals surface area contributed by atoms with E-state index in [2.05, 4.69) is 43.2 Å². The van der Waals surface area contributed by atoms with Crippen molar-refractivity contribution in [3.05, 3.63) is 41.7 Å². The molecule has 0 spiro atoms. The second kappa shape index (κ2) is 9.32. The lowest BCUT2D eigenvalue weighted by Gasteiger charge is -2.17. The van der Waals surface area contributed by atoms with Crippen LogP contribution in [0.5, 0.6) is 0 Å². The Morgan fingerprint density at radius 1 is 1.23 bits per heavy atom. The zero-order chi connectivity index (χ0) is 19.0. The lowest BCUT2D eigenvalue weighted by molar-refractivity contribution is -0.116. The van der Waals surface area contributed by atoms with Gasteiger partial charge in [0.1, 0.15) is 0 Å². The van der Waals surface area contributed by atoms with Gasteiger partial charge in [0.05, 0.1) is 0 Å². The van der Waals surface area contributed by atoms with Gasteiger partial charge in [-0.1, -0.05) is 51.4 Å². The van der Waals surface area contributed by atoms with Gasteiger partial charge in [-0.15, -0.1) is 0 Å². The number of benzene rings is 1. The average Bonchev–Trinajstić information content (AvgIpc) is 3.06. The molecule has 1 aromatic heterocycles. The summed E-state index contributed by atoms with van der Waals surface area (Å²) in [6.07, 6.45) is 7.32. The first-order chi connectivity index (χ1) is 12.4.